The van der Waals surface area contributed by atoms with E-state index in [2.05, 4.69) is 13.8 Å². The number of alkyl halides is 2. The van der Waals surface area contributed by atoms with E-state index in [-0.39, 0.29) is 0 Å². The van der Waals surface area contributed by atoms with Crippen molar-refractivity contribution in [1.82, 2.24) is 0 Å². The third-order valence-corrected chi connectivity index (χ3v) is 3.92. The van der Waals surface area contributed by atoms with Crippen LogP contribution >= 0.6 is 23.2 Å². The molecule has 0 heterocycles. The number of rotatable bonds is 13. The zero-order valence-electron chi connectivity index (χ0n) is 11.8. The molecule has 4 heteroatoms. The lowest BCUT2D eigenvalue weighted by Gasteiger charge is -2.08. The van der Waals surface area contributed by atoms with Crippen LogP contribution in [0.3, 0.4) is 0 Å². The average molecular weight is 299 g/mol. The van der Waals surface area contributed by atoms with Gasteiger partial charge in [-0.2, -0.15) is 0 Å². The maximum Gasteiger partial charge on any atom is 0.0700 e. The first-order valence-electron chi connectivity index (χ1n) is 7.14. The molecule has 110 valence electrons. The lowest BCUT2D eigenvalue weighted by Crippen LogP contribution is -2.08. The highest BCUT2D eigenvalue weighted by Crippen LogP contribution is 2.09. The Balaban J connectivity index is 3.03. The molecule has 0 aromatic rings. The van der Waals surface area contributed by atoms with Crippen molar-refractivity contribution in [2.24, 2.45) is 0 Å². The third-order valence-electron chi connectivity index (χ3n) is 2.87. The summed E-state index contributed by atoms with van der Waals surface area (Å²) in [5, 5.41) is 0.596. The first-order chi connectivity index (χ1) is 8.70. The van der Waals surface area contributed by atoms with Crippen molar-refractivity contribution in [1.29, 1.82) is 0 Å². The summed E-state index contributed by atoms with van der Waals surface area (Å²) >= 11 is 12.0. The number of hydrogen-bond acceptors (Lipinski definition) is 2. The fourth-order valence-corrected chi connectivity index (χ4v) is 1.85. The van der Waals surface area contributed by atoms with Gasteiger partial charge in [-0.05, 0) is 38.5 Å². The third kappa shape index (κ3) is 12.9. The van der Waals surface area contributed by atoms with Crippen LogP contribution in [0.2, 0.25) is 0 Å². The smallest absolute Gasteiger partial charge is 0.0700 e. The SMILES string of the molecule is CCC(Cl)CCCOCCOCCCC(Cl)CC. The molecule has 18 heavy (non-hydrogen) atoms. The Morgan fingerprint density at radius 2 is 1.11 bits per heavy atom. The maximum absolute atomic E-state index is 6.01. The molecule has 0 N–H and O–H groups in total. The minimum absolute atomic E-state index is 0.298. The van der Waals surface area contributed by atoms with Crippen molar-refractivity contribution in [3.63, 3.8) is 0 Å². The molecule has 0 aromatic carbocycles. The van der Waals surface area contributed by atoms with Gasteiger partial charge in [-0.1, -0.05) is 13.8 Å². The van der Waals surface area contributed by atoms with Gasteiger partial charge in [0.15, 0.2) is 0 Å². The Hall–Kier alpha value is 0.500. The van der Waals surface area contributed by atoms with E-state index < -0.39 is 0 Å². The van der Waals surface area contributed by atoms with E-state index >= 15 is 0 Å². The van der Waals surface area contributed by atoms with Crippen molar-refractivity contribution in [2.75, 3.05) is 26.4 Å². The molecule has 0 aliphatic carbocycles. The first kappa shape index (κ1) is 18.5. The molecule has 0 radical (unpaired) electrons. The molecule has 0 spiro atoms. The van der Waals surface area contributed by atoms with Crippen LogP contribution in [0.4, 0.5) is 0 Å². The Morgan fingerprint density at radius 3 is 1.44 bits per heavy atom. The molecule has 2 unspecified atom stereocenters. The van der Waals surface area contributed by atoms with Gasteiger partial charge in [0, 0.05) is 24.0 Å². The van der Waals surface area contributed by atoms with Crippen LogP contribution < -0.4 is 0 Å². The fraction of sp³-hybridized carbons (Fsp3) is 1.00. The quantitative estimate of drug-likeness (QED) is 0.365. The normalized spacial score (nSPS) is 14.7. The van der Waals surface area contributed by atoms with Crippen LogP contribution in [0.25, 0.3) is 0 Å². The van der Waals surface area contributed by atoms with Gasteiger partial charge in [-0.15, -0.1) is 23.2 Å². The molecule has 0 amide bonds. The van der Waals surface area contributed by atoms with Crippen LogP contribution in [0, 0.1) is 0 Å². The van der Waals surface area contributed by atoms with Crippen LogP contribution in [0.1, 0.15) is 52.4 Å². The van der Waals surface area contributed by atoms with Crippen LogP contribution in [-0.2, 0) is 9.47 Å². The highest BCUT2D eigenvalue weighted by atomic mass is 35.5. The second-order valence-electron chi connectivity index (χ2n) is 4.52. The Kier molecular flexibility index (Phi) is 14.3. The van der Waals surface area contributed by atoms with E-state index in [1.165, 1.54) is 0 Å². The van der Waals surface area contributed by atoms with E-state index in [0.29, 0.717) is 24.0 Å². The van der Waals surface area contributed by atoms with Gasteiger partial charge in [-0.25, -0.2) is 0 Å². The lowest BCUT2D eigenvalue weighted by atomic mass is 10.2. The first-order valence-corrected chi connectivity index (χ1v) is 8.01. The summed E-state index contributed by atoms with van der Waals surface area (Å²) < 4.78 is 10.9. The van der Waals surface area contributed by atoms with E-state index in [0.717, 1.165) is 51.7 Å². The molecule has 2 nitrogen and oxygen atoms in total. The summed E-state index contributed by atoms with van der Waals surface area (Å²) in [6.45, 7) is 7.14. The van der Waals surface area contributed by atoms with Gasteiger partial charge >= 0.3 is 0 Å². The lowest BCUT2D eigenvalue weighted by molar-refractivity contribution is 0.0450. The average Bonchev–Trinajstić information content (AvgIpc) is 2.40. The summed E-state index contributed by atoms with van der Waals surface area (Å²) in [7, 11) is 0. The molecule has 0 rings (SSSR count). The molecule has 0 aromatic heterocycles. The molecule has 2 atom stereocenters. The van der Waals surface area contributed by atoms with E-state index in [4.69, 9.17) is 32.7 Å². The Labute approximate surface area is 122 Å². The predicted molar refractivity (Wildman–Crippen MR) is 80.0 cm³/mol. The summed E-state index contributed by atoms with van der Waals surface area (Å²) in [6, 6.07) is 0. The molecule has 0 saturated carbocycles. The minimum Gasteiger partial charge on any atom is -0.379 e. The number of hydrogen-bond donors (Lipinski definition) is 0. The zero-order valence-corrected chi connectivity index (χ0v) is 13.3. The molecule has 0 saturated heterocycles. The van der Waals surface area contributed by atoms with Gasteiger partial charge in [0.25, 0.3) is 0 Å². The summed E-state index contributed by atoms with van der Waals surface area (Å²) in [4.78, 5) is 0. The van der Waals surface area contributed by atoms with E-state index in [1.807, 2.05) is 0 Å². The van der Waals surface area contributed by atoms with Gasteiger partial charge in [0.05, 0.1) is 13.2 Å². The van der Waals surface area contributed by atoms with Crippen molar-refractivity contribution >= 4 is 23.2 Å². The fourth-order valence-electron chi connectivity index (χ4n) is 1.54. The molecular formula is C14H28Cl2O2. The van der Waals surface area contributed by atoms with Crippen LogP contribution in [0.15, 0.2) is 0 Å². The van der Waals surface area contributed by atoms with Crippen molar-refractivity contribution in [3.8, 4) is 0 Å². The highest BCUT2D eigenvalue weighted by molar-refractivity contribution is 6.20. The molecule has 0 fully saturated rings. The van der Waals surface area contributed by atoms with Crippen molar-refractivity contribution < 1.29 is 9.47 Å². The van der Waals surface area contributed by atoms with E-state index in [1.54, 1.807) is 0 Å². The highest BCUT2D eigenvalue weighted by Gasteiger charge is 2.01. The van der Waals surface area contributed by atoms with Crippen molar-refractivity contribution in [3.05, 3.63) is 0 Å². The largest absolute Gasteiger partial charge is 0.379 e. The minimum atomic E-state index is 0.298. The van der Waals surface area contributed by atoms with Gasteiger partial charge in [0.1, 0.15) is 0 Å². The molecule has 0 bridgehead atoms. The Bertz CT molecular complexity index is 150. The predicted octanol–water partition coefficient (Wildman–Crippen LogP) is 4.61. The zero-order chi connectivity index (χ0) is 13.6. The van der Waals surface area contributed by atoms with Crippen molar-refractivity contribution in [2.45, 2.75) is 63.1 Å². The molecule has 0 aliphatic heterocycles. The number of halogens is 2. The molecular weight excluding hydrogens is 271 g/mol. The Morgan fingerprint density at radius 1 is 0.722 bits per heavy atom. The summed E-state index contributed by atoms with van der Waals surface area (Å²) in [5.41, 5.74) is 0. The monoisotopic (exact) mass is 298 g/mol. The molecule has 0 aliphatic rings. The van der Waals surface area contributed by atoms with Gasteiger partial charge in [-0.3, -0.25) is 0 Å². The van der Waals surface area contributed by atoms with Gasteiger partial charge in [0.2, 0.25) is 0 Å². The summed E-state index contributed by atoms with van der Waals surface area (Å²) in [5.74, 6) is 0. The van der Waals surface area contributed by atoms with Crippen LogP contribution in [-0.4, -0.2) is 37.2 Å². The second-order valence-corrected chi connectivity index (χ2v) is 5.75. The topological polar surface area (TPSA) is 18.5 Å². The second kappa shape index (κ2) is 13.9. The van der Waals surface area contributed by atoms with Crippen LogP contribution in [0.5, 0.6) is 0 Å². The standard InChI is InChI=1S/C14H28Cl2O2/c1-3-13(15)7-5-9-17-11-12-18-10-6-8-14(16)4-2/h13-14H,3-12H2,1-2H3. The number of ether oxygens (including phenoxy) is 2. The summed E-state index contributed by atoms with van der Waals surface area (Å²) in [6.07, 6.45) is 6.20. The van der Waals surface area contributed by atoms with E-state index in [9.17, 15) is 0 Å². The van der Waals surface area contributed by atoms with Gasteiger partial charge < -0.3 is 9.47 Å². The maximum atomic E-state index is 6.01.